The predicted molar refractivity (Wildman–Crippen MR) is 102 cm³/mol. The summed E-state index contributed by atoms with van der Waals surface area (Å²) in [6.07, 6.45) is -4.11. The lowest BCUT2D eigenvalue weighted by molar-refractivity contribution is -0.137. The molecule has 2 aromatic carbocycles. The largest absolute Gasteiger partial charge is 0.416 e. The van der Waals surface area contributed by atoms with Gasteiger partial charge in [0.15, 0.2) is 0 Å². The van der Waals surface area contributed by atoms with Gasteiger partial charge < -0.3 is 10.6 Å². The number of benzene rings is 2. The molecule has 2 amide bonds. The molecular formula is C19H20F3N3O3S. The Bertz CT molecular complexity index is 992. The zero-order valence-corrected chi connectivity index (χ0v) is 16.3. The third-order valence-corrected chi connectivity index (χ3v) is 6.47. The lowest BCUT2D eigenvalue weighted by atomic mass is 10.2. The van der Waals surface area contributed by atoms with Crippen molar-refractivity contribution >= 4 is 21.7 Å². The van der Waals surface area contributed by atoms with Crippen LogP contribution in [0.5, 0.6) is 0 Å². The first-order chi connectivity index (χ1) is 13.6. The van der Waals surface area contributed by atoms with Crippen LogP contribution in [0.4, 0.5) is 23.7 Å². The third kappa shape index (κ3) is 5.07. The number of halogens is 3. The fourth-order valence-corrected chi connectivity index (χ4v) is 4.55. The zero-order chi connectivity index (χ0) is 21.2. The van der Waals surface area contributed by atoms with Crippen molar-refractivity contribution in [2.75, 3.05) is 18.4 Å². The molecule has 1 fully saturated rings. The third-order valence-electron chi connectivity index (χ3n) is 4.59. The van der Waals surface area contributed by atoms with Crippen LogP contribution in [0.15, 0.2) is 53.4 Å². The number of nitrogens with one attached hydrogen (secondary N) is 2. The van der Waals surface area contributed by atoms with Crippen molar-refractivity contribution in [3.8, 4) is 0 Å². The monoisotopic (exact) mass is 427 g/mol. The molecule has 0 saturated carbocycles. The molecule has 156 valence electrons. The van der Waals surface area contributed by atoms with E-state index >= 15 is 0 Å². The Labute approximate surface area is 166 Å². The standard InChI is InChI=1S/C19H20F3N3O3S/c1-13-5-7-17(8-6-13)29(27,28)25-10-9-16(12-25)24-18(26)23-15-4-2-3-14(11-15)19(20,21)22/h2-8,11,16H,9-10,12H2,1H3,(H2,23,24,26)/t16-/m1/s1. The Balaban J connectivity index is 1.60. The number of rotatable bonds is 4. The van der Waals surface area contributed by atoms with E-state index in [0.29, 0.717) is 6.42 Å². The summed E-state index contributed by atoms with van der Waals surface area (Å²) < 4.78 is 64.9. The number of aryl methyl sites for hydroxylation is 1. The zero-order valence-electron chi connectivity index (χ0n) is 15.5. The number of alkyl halides is 3. The maximum absolute atomic E-state index is 12.8. The number of urea groups is 1. The molecule has 2 aromatic rings. The van der Waals surface area contributed by atoms with Crippen LogP contribution < -0.4 is 10.6 Å². The molecule has 1 aliphatic heterocycles. The lowest BCUT2D eigenvalue weighted by Crippen LogP contribution is -2.40. The van der Waals surface area contributed by atoms with Gasteiger partial charge in [0.2, 0.25) is 10.0 Å². The molecule has 0 radical (unpaired) electrons. The second kappa shape index (κ2) is 8.03. The van der Waals surface area contributed by atoms with E-state index in [2.05, 4.69) is 10.6 Å². The van der Waals surface area contributed by atoms with Gasteiger partial charge >= 0.3 is 12.2 Å². The van der Waals surface area contributed by atoms with Gasteiger partial charge in [0, 0.05) is 24.8 Å². The van der Waals surface area contributed by atoms with Crippen LogP contribution in [-0.4, -0.2) is 37.9 Å². The van der Waals surface area contributed by atoms with Crippen LogP contribution in [0, 0.1) is 6.92 Å². The topological polar surface area (TPSA) is 78.5 Å². The van der Waals surface area contributed by atoms with E-state index in [1.165, 1.54) is 28.6 Å². The van der Waals surface area contributed by atoms with Crippen molar-refractivity contribution in [1.82, 2.24) is 9.62 Å². The molecule has 6 nitrogen and oxygen atoms in total. The van der Waals surface area contributed by atoms with Crippen molar-refractivity contribution in [2.45, 2.75) is 30.5 Å². The van der Waals surface area contributed by atoms with Crippen LogP contribution in [-0.2, 0) is 16.2 Å². The molecule has 0 unspecified atom stereocenters. The summed E-state index contributed by atoms with van der Waals surface area (Å²) in [5.74, 6) is 0. The van der Waals surface area contributed by atoms with Gasteiger partial charge in [0.1, 0.15) is 0 Å². The average molecular weight is 427 g/mol. The van der Waals surface area contributed by atoms with E-state index in [4.69, 9.17) is 0 Å². The molecule has 1 aliphatic rings. The number of hydrogen-bond donors (Lipinski definition) is 2. The summed E-state index contributed by atoms with van der Waals surface area (Å²) in [7, 11) is -3.67. The summed E-state index contributed by atoms with van der Waals surface area (Å²) in [5, 5.41) is 4.97. The highest BCUT2D eigenvalue weighted by Crippen LogP contribution is 2.30. The molecule has 0 bridgehead atoms. The number of anilines is 1. The molecule has 1 saturated heterocycles. The first-order valence-electron chi connectivity index (χ1n) is 8.87. The number of nitrogens with zero attached hydrogens (tertiary/aromatic N) is 1. The van der Waals surface area contributed by atoms with E-state index in [0.717, 1.165) is 17.7 Å². The van der Waals surface area contributed by atoms with Crippen LogP contribution in [0.25, 0.3) is 0 Å². The van der Waals surface area contributed by atoms with E-state index in [1.54, 1.807) is 12.1 Å². The van der Waals surface area contributed by atoms with Crippen molar-refractivity contribution in [2.24, 2.45) is 0 Å². The molecule has 1 heterocycles. The molecule has 10 heteroatoms. The van der Waals surface area contributed by atoms with E-state index in [9.17, 15) is 26.4 Å². The number of amides is 2. The summed E-state index contributed by atoms with van der Waals surface area (Å²) in [5.41, 5.74) is 0.0715. The minimum Gasteiger partial charge on any atom is -0.334 e. The molecule has 3 rings (SSSR count). The van der Waals surface area contributed by atoms with Crippen molar-refractivity contribution in [3.63, 3.8) is 0 Å². The maximum Gasteiger partial charge on any atom is 0.416 e. The Kier molecular flexibility index (Phi) is 5.85. The first kappa shape index (κ1) is 21.1. The Hall–Kier alpha value is -2.59. The smallest absolute Gasteiger partial charge is 0.334 e. The second-order valence-corrected chi connectivity index (χ2v) is 8.78. The highest BCUT2D eigenvalue weighted by Gasteiger charge is 2.33. The minimum absolute atomic E-state index is 0.000505. The van der Waals surface area contributed by atoms with Crippen molar-refractivity contribution in [1.29, 1.82) is 0 Å². The lowest BCUT2D eigenvalue weighted by Gasteiger charge is -2.18. The molecule has 0 aromatic heterocycles. The minimum atomic E-state index is -4.51. The summed E-state index contributed by atoms with van der Waals surface area (Å²) in [6, 6.07) is 9.64. The number of carbonyl (C=O) groups excluding carboxylic acids is 1. The number of carbonyl (C=O) groups is 1. The summed E-state index contributed by atoms with van der Waals surface area (Å²) in [6.45, 7) is 2.19. The van der Waals surface area contributed by atoms with Gasteiger partial charge in [-0.1, -0.05) is 23.8 Å². The Morgan fingerprint density at radius 1 is 1.14 bits per heavy atom. The number of hydrogen-bond acceptors (Lipinski definition) is 3. The first-order valence-corrected chi connectivity index (χ1v) is 10.3. The van der Waals surface area contributed by atoms with Crippen molar-refractivity contribution in [3.05, 3.63) is 59.7 Å². The number of sulfonamides is 1. The van der Waals surface area contributed by atoms with Gasteiger partial charge in [0.05, 0.1) is 10.5 Å². The Morgan fingerprint density at radius 3 is 2.48 bits per heavy atom. The molecule has 1 atom stereocenters. The van der Waals surface area contributed by atoms with E-state index in [-0.39, 0.29) is 23.7 Å². The van der Waals surface area contributed by atoms with Crippen LogP contribution in [0.2, 0.25) is 0 Å². The Morgan fingerprint density at radius 2 is 1.83 bits per heavy atom. The molecule has 0 spiro atoms. The summed E-state index contributed by atoms with van der Waals surface area (Å²) >= 11 is 0. The molecule has 0 aliphatic carbocycles. The van der Waals surface area contributed by atoms with Crippen molar-refractivity contribution < 1.29 is 26.4 Å². The fourth-order valence-electron chi connectivity index (χ4n) is 3.05. The summed E-state index contributed by atoms with van der Waals surface area (Å²) in [4.78, 5) is 12.3. The molecular weight excluding hydrogens is 407 g/mol. The van der Waals surface area contributed by atoms with Gasteiger partial charge in [-0.2, -0.15) is 17.5 Å². The average Bonchev–Trinajstić information content (AvgIpc) is 3.11. The normalized spacial score (nSPS) is 17.9. The van der Waals surface area contributed by atoms with E-state index < -0.39 is 33.8 Å². The van der Waals surface area contributed by atoms with Gasteiger partial charge in [0.25, 0.3) is 0 Å². The van der Waals surface area contributed by atoms with Gasteiger partial charge in [-0.05, 0) is 43.7 Å². The van der Waals surface area contributed by atoms with Crippen LogP contribution in [0.1, 0.15) is 17.5 Å². The molecule has 2 N–H and O–H groups in total. The molecule has 29 heavy (non-hydrogen) atoms. The van der Waals surface area contributed by atoms with Gasteiger partial charge in [-0.25, -0.2) is 13.2 Å². The highest BCUT2D eigenvalue weighted by atomic mass is 32.2. The van der Waals surface area contributed by atoms with Gasteiger partial charge in [-0.3, -0.25) is 0 Å². The van der Waals surface area contributed by atoms with Crippen LogP contribution >= 0.6 is 0 Å². The predicted octanol–water partition coefficient (Wildman–Crippen LogP) is 3.60. The second-order valence-electron chi connectivity index (χ2n) is 6.84. The maximum atomic E-state index is 12.8. The van der Waals surface area contributed by atoms with Gasteiger partial charge in [-0.15, -0.1) is 0 Å². The highest BCUT2D eigenvalue weighted by molar-refractivity contribution is 7.89. The van der Waals surface area contributed by atoms with E-state index in [1.807, 2.05) is 6.92 Å². The quantitative estimate of drug-likeness (QED) is 0.783. The SMILES string of the molecule is Cc1ccc(S(=O)(=O)N2CC[C@@H](NC(=O)Nc3cccc(C(F)(F)F)c3)C2)cc1. The fraction of sp³-hybridized carbons (Fsp3) is 0.316. The van der Waals surface area contributed by atoms with Crippen LogP contribution in [0.3, 0.4) is 0 Å².